The lowest BCUT2D eigenvalue weighted by Gasteiger charge is -2.18. The van der Waals surface area contributed by atoms with Crippen molar-refractivity contribution in [1.82, 2.24) is 0 Å². The maximum atomic E-state index is 11.0. The van der Waals surface area contributed by atoms with E-state index in [0.29, 0.717) is 0 Å². The number of rotatable bonds is 3. The molecule has 1 rings (SSSR count). The number of carboxylic acid groups (broad SMARTS) is 2. The van der Waals surface area contributed by atoms with Crippen LogP contribution in [0.15, 0.2) is 23.1 Å². The highest BCUT2D eigenvalue weighted by Gasteiger charge is 2.18. The quantitative estimate of drug-likeness (QED) is 0.811. The Morgan fingerprint density at radius 2 is 1.59 bits per heavy atom. The lowest BCUT2D eigenvalue weighted by Crippen LogP contribution is -2.10. The lowest BCUT2D eigenvalue weighted by atomic mass is 10.1. The average molecular weight is 254 g/mol. The van der Waals surface area contributed by atoms with Crippen molar-refractivity contribution in [2.75, 3.05) is 0 Å². The summed E-state index contributed by atoms with van der Waals surface area (Å²) in [7, 11) is 0. The van der Waals surface area contributed by atoms with Crippen LogP contribution in [0.3, 0.4) is 0 Å². The van der Waals surface area contributed by atoms with Gasteiger partial charge in [-0.25, -0.2) is 9.59 Å². The molecule has 0 aliphatic carbocycles. The van der Waals surface area contributed by atoms with Crippen LogP contribution in [0.4, 0.5) is 0 Å². The van der Waals surface area contributed by atoms with Crippen molar-refractivity contribution in [3.05, 3.63) is 29.3 Å². The first-order valence-corrected chi connectivity index (χ1v) is 5.82. The van der Waals surface area contributed by atoms with E-state index < -0.39 is 11.9 Å². The molecule has 1 aromatic carbocycles. The van der Waals surface area contributed by atoms with Crippen molar-refractivity contribution in [3.63, 3.8) is 0 Å². The number of carboxylic acids is 2. The van der Waals surface area contributed by atoms with Crippen LogP contribution in [0, 0.1) is 0 Å². The third kappa shape index (κ3) is 3.78. The summed E-state index contributed by atoms with van der Waals surface area (Å²) < 4.78 is -0.0550. The Bertz CT molecular complexity index is 460. The van der Waals surface area contributed by atoms with Crippen LogP contribution in [0.2, 0.25) is 0 Å². The SMILES string of the molecule is CC(C)(C)Sc1ccc(C(=O)O)c(C(=O)O)c1. The molecule has 4 nitrogen and oxygen atoms in total. The highest BCUT2D eigenvalue weighted by molar-refractivity contribution is 8.00. The van der Waals surface area contributed by atoms with Gasteiger partial charge in [0, 0.05) is 9.64 Å². The first kappa shape index (κ1) is 13.6. The van der Waals surface area contributed by atoms with Crippen molar-refractivity contribution in [2.45, 2.75) is 30.4 Å². The first-order valence-electron chi connectivity index (χ1n) is 5.00. The third-order valence-electron chi connectivity index (χ3n) is 1.88. The topological polar surface area (TPSA) is 74.6 Å². The van der Waals surface area contributed by atoms with E-state index in [1.165, 1.54) is 23.9 Å². The van der Waals surface area contributed by atoms with Gasteiger partial charge in [-0.3, -0.25) is 0 Å². The van der Waals surface area contributed by atoms with Crippen molar-refractivity contribution in [3.8, 4) is 0 Å². The molecule has 0 fully saturated rings. The summed E-state index contributed by atoms with van der Waals surface area (Å²) >= 11 is 1.50. The van der Waals surface area contributed by atoms with Gasteiger partial charge in [-0.2, -0.15) is 0 Å². The maximum Gasteiger partial charge on any atom is 0.336 e. The molecule has 0 unspecified atom stereocenters. The molecule has 0 radical (unpaired) electrons. The summed E-state index contributed by atoms with van der Waals surface area (Å²) in [4.78, 5) is 22.6. The number of thioether (sulfide) groups is 1. The number of carbonyl (C=O) groups is 2. The summed E-state index contributed by atoms with van der Waals surface area (Å²) in [6.07, 6.45) is 0. The van der Waals surface area contributed by atoms with Gasteiger partial charge in [0.25, 0.3) is 0 Å². The van der Waals surface area contributed by atoms with Gasteiger partial charge in [-0.05, 0) is 18.2 Å². The molecule has 0 spiro atoms. The molecule has 2 N–H and O–H groups in total. The standard InChI is InChI=1S/C12H14O4S/c1-12(2,3)17-7-4-5-8(10(13)14)9(6-7)11(15)16/h4-6H,1-3H3,(H,13,14)(H,15,16). The number of aromatic carboxylic acids is 2. The summed E-state index contributed by atoms with van der Waals surface area (Å²) in [5.41, 5.74) is -0.359. The second kappa shape index (κ2) is 4.79. The van der Waals surface area contributed by atoms with Crippen LogP contribution in [0.5, 0.6) is 0 Å². The fraction of sp³-hybridized carbons (Fsp3) is 0.333. The summed E-state index contributed by atoms with van der Waals surface area (Å²) in [6.45, 7) is 6.01. The fourth-order valence-electron chi connectivity index (χ4n) is 1.30. The molecule has 0 aliphatic heterocycles. The van der Waals surface area contributed by atoms with Crippen molar-refractivity contribution in [1.29, 1.82) is 0 Å². The zero-order chi connectivity index (χ0) is 13.2. The Kier molecular flexibility index (Phi) is 3.83. The summed E-state index contributed by atoms with van der Waals surface area (Å²) in [5.74, 6) is -2.45. The smallest absolute Gasteiger partial charge is 0.336 e. The van der Waals surface area contributed by atoms with Gasteiger partial charge >= 0.3 is 11.9 Å². The van der Waals surface area contributed by atoms with Gasteiger partial charge in [0.1, 0.15) is 0 Å². The van der Waals surface area contributed by atoms with E-state index in [4.69, 9.17) is 10.2 Å². The highest BCUT2D eigenvalue weighted by atomic mass is 32.2. The molecule has 0 amide bonds. The largest absolute Gasteiger partial charge is 0.478 e. The van der Waals surface area contributed by atoms with Crippen LogP contribution in [0.1, 0.15) is 41.5 Å². The Balaban J connectivity index is 3.19. The minimum absolute atomic E-state index is 0.0550. The number of benzene rings is 1. The first-order chi connectivity index (χ1) is 7.70. The normalized spacial score (nSPS) is 11.2. The predicted octanol–water partition coefficient (Wildman–Crippen LogP) is 2.97. The van der Waals surface area contributed by atoms with Crippen molar-refractivity contribution < 1.29 is 19.8 Å². The third-order valence-corrected chi connectivity index (χ3v) is 2.98. The molecular weight excluding hydrogens is 240 g/mol. The maximum absolute atomic E-state index is 11.0. The number of hydrogen-bond acceptors (Lipinski definition) is 3. The number of hydrogen-bond donors (Lipinski definition) is 2. The molecule has 0 heterocycles. The minimum Gasteiger partial charge on any atom is -0.478 e. The van der Waals surface area contributed by atoms with Crippen LogP contribution in [0.25, 0.3) is 0 Å². The molecular formula is C12H14O4S. The minimum atomic E-state index is -1.23. The zero-order valence-electron chi connectivity index (χ0n) is 9.85. The molecule has 1 aromatic rings. The van der Waals surface area contributed by atoms with Gasteiger partial charge in [0.2, 0.25) is 0 Å². The molecule has 92 valence electrons. The van der Waals surface area contributed by atoms with Gasteiger partial charge < -0.3 is 10.2 Å². The zero-order valence-corrected chi connectivity index (χ0v) is 10.7. The van der Waals surface area contributed by atoms with E-state index >= 15 is 0 Å². The van der Waals surface area contributed by atoms with Crippen LogP contribution < -0.4 is 0 Å². The second-order valence-electron chi connectivity index (χ2n) is 4.53. The van der Waals surface area contributed by atoms with Crippen molar-refractivity contribution >= 4 is 23.7 Å². The Morgan fingerprint density at radius 3 is 2.00 bits per heavy atom. The molecule has 0 saturated carbocycles. The molecule has 0 aromatic heterocycles. The highest BCUT2D eigenvalue weighted by Crippen LogP contribution is 2.32. The van der Waals surface area contributed by atoms with Gasteiger partial charge in [-0.1, -0.05) is 20.8 Å². The molecule has 0 bridgehead atoms. The molecule has 0 aliphatic rings. The lowest BCUT2D eigenvalue weighted by molar-refractivity contribution is 0.0651. The van der Waals surface area contributed by atoms with Crippen LogP contribution in [-0.4, -0.2) is 26.9 Å². The van der Waals surface area contributed by atoms with Gasteiger partial charge in [0.15, 0.2) is 0 Å². The fourth-order valence-corrected chi connectivity index (χ4v) is 2.32. The summed E-state index contributed by atoms with van der Waals surface area (Å²) in [6, 6.07) is 4.37. The monoisotopic (exact) mass is 254 g/mol. The van der Waals surface area contributed by atoms with E-state index in [2.05, 4.69) is 0 Å². The van der Waals surface area contributed by atoms with Crippen molar-refractivity contribution in [2.24, 2.45) is 0 Å². The van der Waals surface area contributed by atoms with E-state index in [1.807, 2.05) is 20.8 Å². The Morgan fingerprint density at radius 1 is 1.06 bits per heavy atom. The molecule has 0 saturated heterocycles. The summed E-state index contributed by atoms with van der Waals surface area (Å²) in [5, 5.41) is 17.8. The van der Waals surface area contributed by atoms with Crippen LogP contribution in [-0.2, 0) is 0 Å². The van der Waals surface area contributed by atoms with E-state index in [1.54, 1.807) is 6.07 Å². The van der Waals surface area contributed by atoms with Gasteiger partial charge in [0.05, 0.1) is 11.1 Å². The molecule has 17 heavy (non-hydrogen) atoms. The average Bonchev–Trinajstić information content (AvgIpc) is 2.14. The Labute approximate surface area is 104 Å². The second-order valence-corrected chi connectivity index (χ2v) is 6.43. The van der Waals surface area contributed by atoms with E-state index in [9.17, 15) is 9.59 Å². The molecule has 5 heteroatoms. The predicted molar refractivity (Wildman–Crippen MR) is 66.0 cm³/mol. The Hall–Kier alpha value is -1.49. The van der Waals surface area contributed by atoms with E-state index in [0.717, 1.165) is 4.90 Å². The van der Waals surface area contributed by atoms with Gasteiger partial charge in [-0.15, -0.1) is 11.8 Å². The molecule has 0 atom stereocenters. The van der Waals surface area contributed by atoms with E-state index in [-0.39, 0.29) is 15.9 Å². The van der Waals surface area contributed by atoms with Crippen LogP contribution >= 0.6 is 11.8 Å².